The molecule has 1 atom stereocenters. The van der Waals surface area contributed by atoms with Crippen LogP contribution in [0, 0.1) is 0 Å². The summed E-state index contributed by atoms with van der Waals surface area (Å²) in [6, 6.07) is 4.66. The van der Waals surface area contributed by atoms with E-state index in [-0.39, 0.29) is 11.5 Å². The van der Waals surface area contributed by atoms with E-state index in [1.165, 1.54) is 12.1 Å². The highest BCUT2D eigenvalue weighted by atomic mass is 79.9. The summed E-state index contributed by atoms with van der Waals surface area (Å²) < 4.78 is 0.623. The third kappa shape index (κ3) is 3.02. The predicted molar refractivity (Wildman–Crippen MR) is 80.0 cm³/mol. The number of rotatable bonds is 4. The van der Waals surface area contributed by atoms with Crippen molar-refractivity contribution >= 4 is 33.5 Å². The van der Waals surface area contributed by atoms with E-state index in [9.17, 15) is 9.59 Å². The zero-order chi connectivity index (χ0) is 14.8. The lowest BCUT2D eigenvalue weighted by molar-refractivity contribution is -0.122. The van der Waals surface area contributed by atoms with Gasteiger partial charge in [-0.1, -0.05) is 22.9 Å². The number of carboxylic acid groups (broad SMARTS) is 1. The molecule has 1 fully saturated rings. The number of halogens is 1. The Balaban J connectivity index is 2.21. The van der Waals surface area contributed by atoms with Gasteiger partial charge in [-0.25, -0.2) is 4.79 Å². The van der Waals surface area contributed by atoms with Crippen molar-refractivity contribution in [1.82, 2.24) is 5.32 Å². The summed E-state index contributed by atoms with van der Waals surface area (Å²) >= 11 is 3.25. The second-order valence-corrected chi connectivity index (χ2v) is 5.87. The Labute approximate surface area is 125 Å². The van der Waals surface area contributed by atoms with Crippen LogP contribution in [-0.4, -0.2) is 29.1 Å². The number of amides is 1. The highest BCUT2D eigenvalue weighted by Crippen LogP contribution is 2.26. The number of carbonyl (C=O) groups excluding carboxylic acids is 1. The van der Waals surface area contributed by atoms with E-state index in [2.05, 4.69) is 26.6 Å². The van der Waals surface area contributed by atoms with E-state index in [0.717, 1.165) is 19.4 Å². The van der Waals surface area contributed by atoms with Crippen LogP contribution in [0.3, 0.4) is 0 Å². The van der Waals surface area contributed by atoms with E-state index >= 15 is 0 Å². The Morgan fingerprint density at radius 2 is 2.20 bits per heavy atom. The summed E-state index contributed by atoms with van der Waals surface area (Å²) in [7, 11) is 0. The molecule has 1 aromatic rings. The second-order valence-electron chi connectivity index (χ2n) is 4.95. The molecule has 20 heavy (non-hydrogen) atoms. The molecule has 3 N–H and O–H groups in total. The van der Waals surface area contributed by atoms with Gasteiger partial charge in [0, 0.05) is 10.2 Å². The quantitative estimate of drug-likeness (QED) is 0.787. The number of aromatic carboxylic acids is 1. The van der Waals surface area contributed by atoms with Crippen molar-refractivity contribution in [2.45, 2.75) is 31.7 Å². The molecule has 0 bridgehead atoms. The lowest BCUT2D eigenvalue weighted by Crippen LogP contribution is -2.50. The van der Waals surface area contributed by atoms with E-state index in [1.807, 2.05) is 6.92 Å². The van der Waals surface area contributed by atoms with Gasteiger partial charge in [0.1, 0.15) is 0 Å². The van der Waals surface area contributed by atoms with Gasteiger partial charge in [0.25, 0.3) is 0 Å². The Kier molecular flexibility index (Phi) is 4.45. The fourth-order valence-electron chi connectivity index (χ4n) is 2.50. The number of benzene rings is 1. The van der Waals surface area contributed by atoms with Gasteiger partial charge in [0.05, 0.1) is 11.1 Å². The van der Waals surface area contributed by atoms with Gasteiger partial charge in [-0.05, 0) is 44.0 Å². The first-order valence-electron chi connectivity index (χ1n) is 6.57. The predicted octanol–water partition coefficient (Wildman–Crippen LogP) is 2.62. The monoisotopic (exact) mass is 340 g/mol. The molecular weight excluding hydrogens is 324 g/mol. The minimum Gasteiger partial charge on any atom is -0.478 e. The summed E-state index contributed by atoms with van der Waals surface area (Å²) in [6.07, 6.45) is 2.48. The van der Waals surface area contributed by atoms with Gasteiger partial charge in [-0.15, -0.1) is 0 Å². The third-order valence-corrected chi connectivity index (χ3v) is 4.14. The average Bonchev–Trinajstić information content (AvgIpc) is 2.88. The number of carboxylic acids is 1. The highest BCUT2D eigenvalue weighted by molar-refractivity contribution is 9.10. The van der Waals surface area contributed by atoms with Crippen LogP contribution in [0.25, 0.3) is 0 Å². The van der Waals surface area contributed by atoms with Crippen LogP contribution in [0.4, 0.5) is 5.69 Å². The lowest BCUT2D eigenvalue weighted by atomic mass is 9.93. The number of anilines is 1. The molecule has 5 nitrogen and oxygen atoms in total. The first-order chi connectivity index (χ1) is 9.47. The number of carbonyl (C=O) groups is 2. The van der Waals surface area contributed by atoms with Gasteiger partial charge in [-0.3, -0.25) is 4.79 Å². The van der Waals surface area contributed by atoms with Crippen molar-refractivity contribution in [1.29, 1.82) is 0 Å². The molecule has 1 aliphatic rings. The Hall–Kier alpha value is -1.40. The SMILES string of the molecule is CCC1(C(=O)Nc2cc(Br)cc(C(=O)O)c2)CCCN1. The van der Waals surface area contributed by atoms with Crippen molar-refractivity contribution in [3.05, 3.63) is 28.2 Å². The minimum atomic E-state index is -1.02. The summed E-state index contributed by atoms with van der Waals surface area (Å²) in [5, 5.41) is 15.1. The zero-order valence-electron chi connectivity index (χ0n) is 11.2. The molecule has 1 aromatic carbocycles. The largest absolute Gasteiger partial charge is 0.478 e. The van der Waals surface area contributed by atoms with Crippen LogP contribution in [0.15, 0.2) is 22.7 Å². The van der Waals surface area contributed by atoms with Gasteiger partial charge in [0.15, 0.2) is 0 Å². The number of hydrogen-bond donors (Lipinski definition) is 3. The zero-order valence-corrected chi connectivity index (χ0v) is 12.8. The topological polar surface area (TPSA) is 78.4 Å². The fourth-order valence-corrected chi connectivity index (χ4v) is 2.99. The smallest absolute Gasteiger partial charge is 0.335 e. The van der Waals surface area contributed by atoms with Crippen LogP contribution in [-0.2, 0) is 4.79 Å². The summed E-state index contributed by atoms with van der Waals surface area (Å²) in [6.45, 7) is 2.81. The average molecular weight is 341 g/mol. The highest BCUT2D eigenvalue weighted by Gasteiger charge is 2.39. The molecule has 0 saturated carbocycles. The van der Waals surface area contributed by atoms with Crippen molar-refractivity contribution in [3.63, 3.8) is 0 Å². The minimum absolute atomic E-state index is 0.105. The maximum absolute atomic E-state index is 12.4. The van der Waals surface area contributed by atoms with Gasteiger partial charge in [0.2, 0.25) is 5.91 Å². The van der Waals surface area contributed by atoms with Crippen LogP contribution in [0.1, 0.15) is 36.5 Å². The second kappa shape index (κ2) is 5.93. The standard InChI is InChI=1S/C14H17BrN2O3/c1-2-14(4-3-5-16-14)13(20)17-11-7-9(12(18)19)6-10(15)8-11/h6-8,16H,2-5H2,1H3,(H,17,20)(H,18,19). The number of nitrogens with one attached hydrogen (secondary N) is 2. The molecule has 0 radical (unpaired) electrons. The maximum atomic E-state index is 12.4. The molecule has 1 unspecified atom stereocenters. The van der Waals surface area contributed by atoms with Crippen LogP contribution < -0.4 is 10.6 Å². The van der Waals surface area contributed by atoms with E-state index < -0.39 is 11.5 Å². The summed E-state index contributed by atoms with van der Waals surface area (Å²) in [5.74, 6) is -1.13. The van der Waals surface area contributed by atoms with Crippen molar-refractivity contribution in [2.75, 3.05) is 11.9 Å². The molecule has 1 heterocycles. The van der Waals surface area contributed by atoms with Crippen molar-refractivity contribution < 1.29 is 14.7 Å². The molecular formula is C14H17BrN2O3. The Morgan fingerprint density at radius 3 is 2.75 bits per heavy atom. The molecule has 2 rings (SSSR count). The molecule has 1 aliphatic heterocycles. The van der Waals surface area contributed by atoms with Gasteiger partial charge >= 0.3 is 5.97 Å². The van der Waals surface area contributed by atoms with E-state index in [1.54, 1.807) is 6.07 Å². The summed E-state index contributed by atoms with van der Waals surface area (Å²) in [5.41, 5.74) is 0.0917. The lowest BCUT2D eigenvalue weighted by Gasteiger charge is -2.26. The molecule has 1 saturated heterocycles. The van der Waals surface area contributed by atoms with E-state index in [0.29, 0.717) is 16.6 Å². The van der Waals surface area contributed by atoms with Gasteiger partial charge in [-0.2, -0.15) is 0 Å². The fraction of sp³-hybridized carbons (Fsp3) is 0.429. The molecule has 0 aromatic heterocycles. The van der Waals surface area contributed by atoms with Crippen LogP contribution in [0.2, 0.25) is 0 Å². The normalized spacial score (nSPS) is 21.7. The van der Waals surface area contributed by atoms with Crippen LogP contribution >= 0.6 is 15.9 Å². The Bertz CT molecular complexity index is 539. The Morgan fingerprint density at radius 1 is 1.45 bits per heavy atom. The molecule has 6 heteroatoms. The van der Waals surface area contributed by atoms with Crippen molar-refractivity contribution in [2.24, 2.45) is 0 Å². The van der Waals surface area contributed by atoms with E-state index in [4.69, 9.17) is 5.11 Å². The third-order valence-electron chi connectivity index (χ3n) is 3.68. The molecule has 1 amide bonds. The molecule has 108 valence electrons. The van der Waals surface area contributed by atoms with Crippen LogP contribution in [0.5, 0.6) is 0 Å². The van der Waals surface area contributed by atoms with Crippen molar-refractivity contribution in [3.8, 4) is 0 Å². The molecule has 0 aliphatic carbocycles. The summed E-state index contributed by atoms with van der Waals surface area (Å²) in [4.78, 5) is 23.4. The first-order valence-corrected chi connectivity index (χ1v) is 7.36. The van der Waals surface area contributed by atoms with Gasteiger partial charge < -0.3 is 15.7 Å². The molecule has 0 spiro atoms. The number of hydrogen-bond acceptors (Lipinski definition) is 3. The first kappa shape index (κ1) is 15.0. The maximum Gasteiger partial charge on any atom is 0.335 e.